The minimum absolute atomic E-state index is 0.700. The molecular weight excluding hydrogens is 224 g/mol. The Kier molecular flexibility index (Phi) is 3.00. The van der Waals surface area contributed by atoms with Crippen molar-refractivity contribution in [1.29, 1.82) is 0 Å². The summed E-state index contributed by atoms with van der Waals surface area (Å²) in [6.07, 6.45) is 7.53. The van der Waals surface area contributed by atoms with Gasteiger partial charge < -0.3 is 5.32 Å². The van der Waals surface area contributed by atoms with E-state index in [-0.39, 0.29) is 0 Å². The zero-order valence-corrected chi connectivity index (χ0v) is 10.6. The number of anilines is 1. The molecule has 1 fully saturated rings. The molecule has 94 valence electrons. The van der Waals surface area contributed by atoms with Crippen LogP contribution < -0.4 is 5.32 Å². The van der Waals surface area contributed by atoms with Gasteiger partial charge in [-0.1, -0.05) is 6.92 Å². The zero-order chi connectivity index (χ0) is 12.4. The summed E-state index contributed by atoms with van der Waals surface area (Å²) in [5.74, 6) is 1.61. The molecule has 0 aromatic carbocycles. The van der Waals surface area contributed by atoms with Crippen LogP contribution in [0.25, 0.3) is 5.69 Å². The van der Waals surface area contributed by atoms with Gasteiger partial charge in [0.2, 0.25) is 0 Å². The number of nitrogens with zero attached hydrogens (tertiary/aromatic N) is 3. The molecule has 4 heteroatoms. The quantitative estimate of drug-likeness (QED) is 0.876. The van der Waals surface area contributed by atoms with Gasteiger partial charge in [-0.2, -0.15) is 5.10 Å². The largest absolute Gasteiger partial charge is 0.370 e. The van der Waals surface area contributed by atoms with Gasteiger partial charge in [-0.05, 0) is 31.4 Å². The van der Waals surface area contributed by atoms with Gasteiger partial charge in [-0.15, -0.1) is 0 Å². The fourth-order valence-corrected chi connectivity index (χ4v) is 1.99. The highest BCUT2D eigenvalue weighted by atomic mass is 15.3. The summed E-state index contributed by atoms with van der Waals surface area (Å²) < 4.78 is 1.94. The smallest absolute Gasteiger partial charge is 0.128 e. The van der Waals surface area contributed by atoms with E-state index < -0.39 is 0 Å². The Morgan fingerprint density at radius 2 is 2.28 bits per heavy atom. The van der Waals surface area contributed by atoms with Gasteiger partial charge in [0, 0.05) is 30.9 Å². The second kappa shape index (κ2) is 4.80. The molecule has 0 aliphatic heterocycles. The third-order valence-corrected chi connectivity index (χ3v) is 3.17. The predicted octanol–water partition coefficient (Wildman–Crippen LogP) is 2.97. The molecule has 3 rings (SSSR count). The van der Waals surface area contributed by atoms with Crippen LogP contribution in [0.15, 0.2) is 30.6 Å². The van der Waals surface area contributed by atoms with Crippen LogP contribution >= 0.6 is 0 Å². The second-order valence-electron chi connectivity index (χ2n) is 4.79. The van der Waals surface area contributed by atoms with Crippen LogP contribution in [0.5, 0.6) is 0 Å². The van der Waals surface area contributed by atoms with E-state index in [2.05, 4.69) is 28.4 Å². The topological polar surface area (TPSA) is 42.7 Å². The lowest BCUT2D eigenvalue weighted by atomic mass is 10.3. The number of rotatable bonds is 5. The van der Waals surface area contributed by atoms with E-state index in [1.165, 1.54) is 18.5 Å². The minimum atomic E-state index is 0.700. The van der Waals surface area contributed by atoms with Gasteiger partial charge in [0.25, 0.3) is 0 Å². The van der Waals surface area contributed by atoms with E-state index >= 15 is 0 Å². The maximum Gasteiger partial charge on any atom is 0.128 e. The van der Waals surface area contributed by atoms with Crippen LogP contribution in [-0.4, -0.2) is 21.3 Å². The van der Waals surface area contributed by atoms with Crippen LogP contribution in [0.1, 0.15) is 37.8 Å². The van der Waals surface area contributed by atoms with Crippen molar-refractivity contribution >= 4 is 5.82 Å². The van der Waals surface area contributed by atoms with Crippen LogP contribution in [-0.2, 0) is 0 Å². The molecule has 4 nitrogen and oxygen atoms in total. The first-order valence-electron chi connectivity index (χ1n) is 6.62. The molecule has 2 heterocycles. The van der Waals surface area contributed by atoms with Gasteiger partial charge in [-0.25, -0.2) is 9.67 Å². The Bertz CT molecular complexity index is 528. The van der Waals surface area contributed by atoms with Gasteiger partial charge >= 0.3 is 0 Å². The molecule has 0 radical (unpaired) electrons. The molecular formula is C14H18N4. The van der Waals surface area contributed by atoms with Crippen molar-refractivity contribution in [2.75, 3.05) is 11.9 Å². The summed E-state index contributed by atoms with van der Waals surface area (Å²) in [5, 5.41) is 7.92. The van der Waals surface area contributed by atoms with Crippen molar-refractivity contribution < 1.29 is 0 Å². The molecule has 2 aromatic heterocycles. The lowest BCUT2D eigenvalue weighted by molar-refractivity contribution is 0.835. The summed E-state index contributed by atoms with van der Waals surface area (Å²) in [5.41, 5.74) is 2.28. The first kappa shape index (κ1) is 11.3. The van der Waals surface area contributed by atoms with Crippen molar-refractivity contribution in [2.45, 2.75) is 32.1 Å². The number of aromatic nitrogens is 3. The molecule has 0 saturated heterocycles. The monoisotopic (exact) mass is 242 g/mol. The molecule has 0 unspecified atom stereocenters. The lowest BCUT2D eigenvalue weighted by Crippen LogP contribution is -2.03. The Balaban J connectivity index is 1.81. The van der Waals surface area contributed by atoms with Gasteiger partial charge in [0.1, 0.15) is 5.82 Å². The summed E-state index contributed by atoms with van der Waals surface area (Å²) in [6.45, 7) is 3.09. The molecule has 1 aliphatic carbocycles. The van der Waals surface area contributed by atoms with E-state index in [9.17, 15) is 0 Å². The highest BCUT2D eigenvalue weighted by Gasteiger charge is 2.25. The van der Waals surface area contributed by atoms with E-state index in [0.717, 1.165) is 24.5 Å². The molecule has 2 aromatic rings. The molecule has 1 N–H and O–H groups in total. The average molecular weight is 242 g/mol. The minimum Gasteiger partial charge on any atom is -0.370 e. The second-order valence-corrected chi connectivity index (χ2v) is 4.79. The molecule has 0 bridgehead atoms. The molecule has 18 heavy (non-hydrogen) atoms. The van der Waals surface area contributed by atoms with Crippen LogP contribution in [0.3, 0.4) is 0 Å². The molecule has 0 spiro atoms. The third kappa shape index (κ3) is 2.37. The Morgan fingerprint density at radius 3 is 3.06 bits per heavy atom. The van der Waals surface area contributed by atoms with Crippen LogP contribution in [0.4, 0.5) is 5.82 Å². The van der Waals surface area contributed by atoms with Crippen molar-refractivity contribution in [1.82, 2.24) is 14.8 Å². The van der Waals surface area contributed by atoms with Gasteiger partial charge in [-0.3, -0.25) is 0 Å². The highest BCUT2D eigenvalue weighted by Crippen LogP contribution is 2.39. The van der Waals surface area contributed by atoms with Crippen molar-refractivity contribution in [2.24, 2.45) is 0 Å². The predicted molar refractivity (Wildman–Crippen MR) is 72.1 cm³/mol. The van der Waals surface area contributed by atoms with Crippen molar-refractivity contribution in [3.8, 4) is 5.69 Å². The fourth-order valence-electron chi connectivity index (χ4n) is 1.99. The van der Waals surface area contributed by atoms with E-state index in [4.69, 9.17) is 0 Å². The standard InChI is InChI=1S/C14H18N4/c1-2-7-15-14-10-12(5-8-16-14)18-9-6-13(17-18)11-3-4-11/h5-6,8-11H,2-4,7H2,1H3,(H,15,16). The summed E-state index contributed by atoms with van der Waals surface area (Å²) in [6, 6.07) is 6.15. The van der Waals surface area contributed by atoms with Crippen LogP contribution in [0, 0.1) is 0 Å². The fraction of sp³-hybridized carbons (Fsp3) is 0.429. The van der Waals surface area contributed by atoms with E-state index in [0.29, 0.717) is 5.92 Å². The van der Waals surface area contributed by atoms with Crippen molar-refractivity contribution in [3.05, 3.63) is 36.3 Å². The number of nitrogens with one attached hydrogen (secondary N) is 1. The third-order valence-electron chi connectivity index (χ3n) is 3.17. The SMILES string of the molecule is CCCNc1cc(-n2ccc(C3CC3)n2)ccn1. The first-order chi connectivity index (χ1) is 8.86. The molecule has 1 aliphatic rings. The zero-order valence-electron chi connectivity index (χ0n) is 10.6. The maximum atomic E-state index is 4.63. The maximum absolute atomic E-state index is 4.63. The van der Waals surface area contributed by atoms with Gasteiger partial charge in [0.15, 0.2) is 0 Å². The van der Waals surface area contributed by atoms with E-state index in [1.54, 1.807) is 0 Å². The number of hydrogen-bond donors (Lipinski definition) is 1. The first-order valence-corrected chi connectivity index (χ1v) is 6.62. The average Bonchev–Trinajstić information content (AvgIpc) is 3.14. The highest BCUT2D eigenvalue weighted by molar-refractivity contribution is 5.44. The Labute approximate surface area is 107 Å². The van der Waals surface area contributed by atoms with Gasteiger partial charge in [0.05, 0.1) is 11.4 Å². The molecule has 1 saturated carbocycles. The molecule has 0 amide bonds. The normalized spacial score (nSPS) is 14.7. The number of pyridine rings is 1. The molecule has 0 atom stereocenters. The summed E-state index contributed by atoms with van der Waals surface area (Å²) in [4.78, 5) is 4.30. The summed E-state index contributed by atoms with van der Waals surface area (Å²) >= 11 is 0. The lowest BCUT2D eigenvalue weighted by Gasteiger charge is -2.06. The Morgan fingerprint density at radius 1 is 1.39 bits per heavy atom. The Hall–Kier alpha value is -1.84. The number of hydrogen-bond acceptors (Lipinski definition) is 3. The summed E-state index contributed by atoms with van der Waals surface area (Å²) in [7, 11) is 0. The van der Waals surface area contributed by atoms with Crippen LogP contribution in [0.2, 0.25) is 0 Å². The van der Waals surface area contributed by atoms with Crippen molar-refractivity contribution in [3.63, 3.8) is 0 Å². The van der Waals surface area contributed by atoms with E-state index in [1.807, 2.05) is 29.2 Å².